The van der Waals surface area contributed by atoms with E-state index >= 15 is 0 Å². The van der Waals surface area contributed by atoms with E-state index in [-0.39, 0.29) is 30.8 Å². The number of aliphatic hydroxyl groups is 1. The monoisotopic (exact) mass is 541 g/mol. The van der Waals surface area contributed by atoms with E-state index in [2.05, 4.69) is 27.8 Å². The Morgan fingerprint density at radius 1 is 1.17 bits per heavy atom. The average molecular weight is 541 g/mol. The second-order valence-electron chi connectivity index (χ2n) is 6.45. The summed E-state index contributed by atoms with van der Waals surface area (Å²) >= 11 is 1.60. The molecule has 0 saturated heterocycles. The van der Waals surface area contributed by atoms with Crippen LogP contribution in [0.3, 0.4) is 0 Å². The average Bonchev–Trinajstić information content (AvgIpc) is 3.39. The van der Waals surface area contributed by atoms with Gasteiger partial charge in [-0.15, -0.1) is 35.3 Å². The first-order valence-corrected chi connectivity index (χ1v) is 10.2. The molecule has 0 aliphatic carbocycles. The van der Waals surface area contributed by atoms with Gasteiger partial charge >= 0.3 is 0 Å². The number of hydrogen-bond acceptors (Lipinski definition) is 6. The quantitative estimate of drug-likeness (QED) is 0.184. The molecule has 1 aromatic heterocycles. The van der Waals surface area contributed by atoms with Gasteiger partial charge in [0.2, 0.25) is 6.79 Å². The van der Waals surface area contributed by atoms with Crippen molar-refractivity contribution in [2.75, 3.05) is 33.5 Å². The Kier molecular flexibility index (Phi) is 8.00. The largest absolute Gasteiger partial charge is 0.492 e. The maximum absolute atomic E-state index is 10.5. The van der Waals surface area contributed by atoms with Gasteiger partial charge in [-0.1, -0.05) is 18.2 Å². The molecule has 2 aromatic carbocycles. The molecule has 160 valence electrons. The van der Waals surface area contributed by atoms with Gasteiger partial charge in [-0.05, 0) is 29.7 Å². The van der Waals surface area contributed by atoms with Crippen molar-refractivity contribution in [2.45, 2.75) is 6.10 Å². The molecule has 4 rings (SSSR count). The first-order chi connectivity index (χ1) is 14.2. The summed E-state index contributed by atoms with van der Waals surface area (Å²) in [6, 6.07) is 15.6. The van der Waals surface area contributed by atoms with E-state index in [1.54, 1.807) is 18.4 Å². The molecule has 1 atom stereocenters. The molecule has 2 heterocycles. The highest BCUT2D eigenvalue weighted by molar-refractivity contribution is 14.0. The summed E-state index contributed by atoms with van der Waals surface area (Å²) in [6.07, 6.45) is -0.601. The summed E-state index contributed by atoms with van der Waals surface area (Å²) in [5.74, 6) is 2.76. The Morgan fingerprint density at radius 3 is 2.83 bits per heavy atom. The number of fused-ring (bicyclic) bond motifs is 2. The number of hydrogen-bond donors (Lipinski definition) is 3. The van der Waals surface area contributed by atoms with Crippen molar-refractivity contribution >= 4 is 51.4 Å². The highest BCUT2D eigenvalue weighted by atomic mass is 127. The molecular formula is C21H24IN3O4S. The second kappa shape index (κ2) is 10.7. The van der Waals surface area contributed by atoms with Crippen LogP contribution in [0.15, 0.2) is 53.5 Å². The molecule has 9 heteroatoms. The molecule has 0 spiro atoms. The van der Waals surface area contributed by atoms with E-state index in [1.807, 2.05) is 36.4 Å². The van der Waals surface area contributed by atoms with Gasteiger partial charge in [0.1, 0.15) is 18.5 Å². The first-order valence-electron chi connectivity index (χ1n) is 9.36. The van der Waals surface area contributed by atoms with E-state index in [0.717, 1.165) is 21.8 Å². The van der Waals surface area contributed by atoms with Crippen molar-refractivity contribution in [2.24, 2.45) is 4.99 Å². The lowest BCUT2D eigenvalue weighted by molar-refractivity contribution is 0.173. The van der Waals surface area contributed by atoms with Crippen molar-refractivity contribution in [3.05, 3.63) is 53.4 Å². The number of thiophene rings is 1. The first kappa shape index (κ1) is 22.4. The Bertz CT molecular complexity index is 978. The molecule has 3 aromatic rings. The lowest BCUT2D eigenvalue weighted by Crippen LogP contribution is -2.41. The molecule has 3 N–H and O–H groups in total. The minimum atomic E-state index is -0.601. The molecule has 1 aliphatic rings. The van der Waals surface area contributed by atoms with E-state index in [0.29, 0.717) is 31.4 Å². The van der Waals surface area contributed by atoms with Crippen molar-refractivity contribution in [1.29, 1.82) is 0 Å². The Morgan fingerprint density at radius 2 is 2.00 bits per heavy atom. The number of nitrogens with zero attached hydrogens (tertiary/aromatic N) is 1. The lowest BCUT2D eigenvalue weighted by Gasteiger charge is -2.15. The SMILES string of the molecule is CN=C(NCCOc1ccc2c(c1)OCO2)NCC(O)c1cc2ccccc2s1.I. The van der Waals surface area contributed by atoms with Crippen LogP contribution in [0.2, 0.25) is 0 Å². The van der Waals surface area contributed by atoms with Crippen LogP contribution >= 0.6 is 35.3 Å². The van der Waals surface area contributed by atoms with Crippen LogP contribution in [-0.2, 0) is 0 Å². The zero-order chi connectivity index (χ0) is 20.1. The smallest absolute Gasteiger partial charge is 0.231 e. The van der Waals surface area contributed by atoms with Gasteiger partial charge in [0.25, 0.3) is 0 Å². The van der Waals surface area contributed by atoms with Crippen molar-refractivity contribution in [1.82, 2.24) is 10.6 Å². The molecule has 1 unspecified atom stereocenters. The number of rotatable bonds is 7. The summed E-state index contributed by atoms with van der Waals surface area (Å²) < 4.78 is 17.5. The number of aliphatic imine (C=N–C) groups is 1. The highest BCUT2D eigenvalue weighted by Crippen LogP contribution is 2.35. The second-order valence-corrected chi connectivity index (χ2v) is 7.56. The molecule has 30 heavy (non-hydrogen) atoms. The standard InChI is InChI=1S/C21H23N3O4S.HI/c1-22-21(23-8-9-26-15-6-7-17-18(11-15)28-13-27-17)24-12-16(25)20-10-14-4-2-3-5-19(14)29-20;/h2-7,10-11,16,25H,8-9,12-13H2,1H3,(H2,22,23,24);1H. The van der Waals surface area contributed by atoms with E-state index in [4.69, 9.17) is 14.2 Å². The third kappa shape index (κ3) is 5.46. The minimum absolute atomic E-state index is 0. The van der Waals surface area contributed by atoms with Crippen LogP contribution < -0.4 is 24.8 Å². The number of halogens is 1. The van der Waals surface area contributed by atoms with Gasteiger partial charge in [0.15, 0.2) is 17.5 Å². The number of benzene rings is 2. The summed E-state index contributed by atoms with van der Waals surface area (Å²) in [4.78, 5) is 5.11. The van der Waals surface area contributed by atoms with Crippen molar-refractivity contribution < 1.29 is 19.3 Å². The Hall–Kier alpha value is -2.24. The third-order valence-corrected chi connectivity index (χ3v) is 5.68. The highest BCUT2D eigenvalue weighted by Gasteiger charge is 2.14. The van der Waals surface area contributed by atoms with Crippen LogP contribution in [0.25, 0.3) is 10.1 Å². The maximum atomic E-state index is 10.5. The van der Waals surface area contributed by atoms with E-state index < -0.39 is 6.10 Å². The fourth-order valence-corrected chi connectivity index (χ4v) is 4.04. The van der Waals surface area contributed by atoms with Crippen LogP contribution in [0.1, 0.15) is 11.0 Å². The fraction of sp³-hybridized carbons (Fsp3) is 0.286. The number of ether oxygens (including phenoxy) is 3. The van der Waals surface area contributed by atoms with Crippen LogP contribution in [0, 0.1) is 0 Å². The fourth-order valence-electron chi connectivity index (χ4n) is 2.99. The minimum Gasteiger partial charge on any atom is -0.492 e. The topological polar surface area (TPSA) is 84.3 Å². The normalized spacial score (nSPS) is 13.6. The summed E-state index contributed by atoms with van der Waals surface area (Å²) in [5, 5.41) is 18.0. The predicted octanol–water partition coefficient (Wildman–Crippen LogP) is 3.53. The van der Waals surface area contributed by atoms with Crippen LogP contribution in [-0.4, -0.2) is 44.6 Å². The summed E-state index contributed by atoms with van der Waals surface area (Å²) in [7, 11) is 1.69. The van der Waals surface area contributed by atoms with Gasteiger partial charge in [0, 0.05) is 29.2 Å². The molecule has 0 bridgehead atoms. The lowest BCUT2D eigenvalue weighted by atomic mass is 10.2. The molecule has 0 amide bonds. The molecular weight excluding hydrogens is 517 g/mol. The Balaban J connectivity index is 0.00000256. The molecule has 0 fully saturated rings. The van der Waals surface area contributed by atoms with Gasteiger partial charge < -0.3 is 30.0 Å². The molecule has 0 saturated carbocycles. The third-order valence-electron chi connectivity index (χ3n) is 4.47. The van der Waals surface area contributed by atoms with E-state index in [1.165, 1.54) is 4.70 Å². The zero-order valence-corrected chi connectivity index (χ0v) is 19.6. The van der Waals surface area contributed by atoms with Crippen molar-refractivity contribution in [3.8, 4) is 17.2 Å². The van der Waals surface area contributed by atoms with Gasteiger partial charge in [0.05, 0.1) is 6.54 Å². The number of guanidine groups is 1. The maximum Gasteiger partial charge on any atom is 0.231 e. The van der Waals surface area contributed by atoms with E-state index in [9.17, 15) is 5.11 Å². The van der Waals surface area contributed by atoms with Crippen LogP contribution in [0.4, 0.5) is 0 Å². The summed E-state index contributed by atoms with van der Waals surface area (Å²) in [6.45, 7) is 1.64. The number of nitrogens with one attached hydrogen (secondary N) is 2. The van der Waals surface area contributed by atoms with Crippen molar-refractivity contribution in [3.63, 3.8) is 0 Å². The number of aliphatic hydroxyl groups excluding tert-OH is 1. The summed E-state index contributed by atoms with van der Waals surface area (Å²) in [5.41, 5.74) is 0. The van der Waals surface area contributed by atoms with Gasteiger partial charge in [-0.25, -0.2) is 0 Å². The van der Waals surface area contributed by atoms with Crippen LogP contribution in [0.5, 0.6) is 17.2 Å². The zero-order valence-electron chi connectivity index (χ0n) is 16.5. The molecule has 7 nitrogen and oxygen atoms in total. The predicted molar refractivity (Wildman–Crippen MR) is 130 cm³/mol. The molecule has 0 radical (unpaired) electrons. The molecule has 1 aliphatic heterocycles. The van der Waals surface area contributed by atoms with Gasteiger partial charge in [-0.3, -0.25) is 4.99 Å². The Labute approximate surface area is 196 Å². The van der Waals surface area contributed by atoms with Gasteiger partial charge in [-0.2, -0.15) is 0 Å².